The Balaban J connectivity index is 2.23. The van der Waals surface area contributed by atoms with E-state index in [-0.39, 0.29) is 10.8 Å². The minimum Gasteiger partial charge on any atom is -0.316 e. The number of rotatable bonds is 2. The Morgan fingerprint density at radius 1 is 0.600 bits per heavy atom. The molecule has 2 aromatic carbocycles. The van der Waals surface area contributed by atoms with Gasteiger partial charge in [0.2, 0.25) is 0 Å². The van der Waals surface area contributed by atoms with Crippen LogP contribution in [0.4, 0.5) is 11.4 Å². The maximum absolute atomic E-state index is 12.6. The maximum Gasteiger partial charge on any atom is 0.314 e. The van der Waals surface area contributed by atoms with Crippen LogP contribution in [-0.4, -0.2) is 11.8 Å². The topological polar surface area (TPSA) is 58.2 Å². The van der Waals surface area contributed by atoms with Crippen molar-refractivity contribution < 1.29 is 9.59 Å². The first-order chi connectivity index (χ1) is 13.6. The van der Waals surface area contributed by atoms with Crippen LogP contribution in [0.2, 0.25) is 0 Å². The second kappa shape index (κ2) is 9.43. The molecule has 2 N–H and O–H groups in total. The fraction of sp³-hybridized carbons (Fsp3) is 0.364. The molecule has 0 fully saturated rings. The molecule has 0 aliphatic heterocycles. The molecular weight excluding hydrogens is 644 g/mol. The Bertz CT molecular complexity index is 878. The minimum absolute atomic E-state index is 0.0529. The van der Waals surface area contributed by atoms with Gasteiger partial charge in [-0.2, -0.15) is 0 Å². The fourth-order valence-electron chi connectivity index (χ4n) is 2.59. The van der Waals surface area contributed by atoms with Crippen LogP contribution in [0.25, 0.3) is 0 Å². The first kappa shape index (κ1) is 25.6. The van der Waals surface area contributed by atoms with E-state index in [1.54, 1.807) is 0 Å². The molecular formula is C22H24Br4N2O2. The standard InChI is InChI=1S/C22H24Br4N2O2/c1-21(2,3)11-7-13(23)17(14(24)8-11)27-19(29)20(30)28-18-15(25)9-12(10-16(18)26)22(4,5)6/h7-10H,1-6H3,(H,27,29)(H,28,30). The lowest BCUT2D eigenvalue weighted by molar-refractivity contribution is -0.133. The van der Waals surface area contributed by atoms with Crippen LogP contribution in [0, 0.1) is 0 Å². The molecule has 30 heavy (non-hydrogen) atoms. The number of hydrogen-bond donors (Lipinski definition) is 2. The molecule has 8 heteroatoms. The maximum atomic E-state index is 12.6. The quantitative estimate of drug-likeness (QED) is 0.320. The second-order valence-electron chi connectivity index (χ2n) is 9.04. The van der Waals surface area contributed by atoms with Crippen LogP contribution in [-0.2, 0) is 20.4 Å². The van der Waals surface area contributed by atoms with Gasteiger partial charge in [0, 0.05) is 17.9 Å². The Kier molecular flexibility index (Phi) is 8.03. The van der Waals surface area contributed by atoms with Gasteiger partial charge in [-0.05, 0) is 110 Å². The lowest BCUT2D eigenvalue weighted by atomic mass is 9.87. The van der Waals surface area contributed by atoms with E-state index < -0.39 is 11.8 Å². The number of hydrogen-bond acceptors (Lipinski definition) is 2. The number of amides is 2. The molecule has 0 atom stereocenters. The Morgan fingerprint density at radius 3 is 1.03 bits per heavy atom. The van der Waals surface area contributed by atoms with Gasteiger partial charge in [0.15, 0.2) is 0 Å². The van der Waals surface area contributed by atoms with Gasteiger partial charge < -0.3 is 10.6 Å². The summed E-state index contributed by atoms with van der Waals surface area (Å²) in [6.45, 7) is 12.6. The summed E-state index contributed by atoms with van der Waals surface area (Å²) in [7, 11) is 0. The van der Waals surface area contributed by atoms with E-state index in [1.165, 1.54) is 0 Å². The molecule has 2 aromatic rings. The van der Waals surface area contributed by atoms with Crippen LogP contribution in [0.1, 0.15) is 52.7 Å². The summed E-state index contributed by atoms with van der Waals surface area (Å²) < 4.78 is 2.78. The molecule has 0 radical (unpaired) electrons. The lowest BCUT2D eigenvalue weighted by Crippen LogP contribution is -2.30. The molecule has 0 bridgehead atoms. The van der Waals surface area contributed by atoms with Crippen LogP contribution in [0.3, 0.4) is 0 Å². The third kappa shape index (κ3) is 6.17. The van der Waals surface area contributed by atoms with Gasteiger partial charge in [-0.15, -0.1) is 0 Å². The summed E-state index contributed by atoms with van der Waals surface area (Å²) in [5, 5.41) is 5.35. The molecule has 162 valence electrons. The van der Waals surface area contributed by atoms with E-state index in [9.17, 15) is 9.59 Å². The highest BCUT2D eigenvalue weighted by atomic mass is 79.9. The zero-order valence-electron chi connectivity index (χ0n) is 17.6. The van der Waals surface area contributed by atoms with Crippen LogP contribution in [0.5, 0.6) is 0 Å². The van der Waals surface area contributed by atoms with Gasteiger partial charge in [0.1, 0.15) is 0 Å². The van der Waals surface area contributed by atoms with E-state index in [1.807, 2.05) is 24.3 Å². The van der Waals surface area contributed by atoms with Crippen molar-refractivity contribution in [3.63, 3.8) is 0 Å². The molecule has 2 amide bonds. The molecule has 0 unspecified atom stereocenters. The number of carbonyl (C=O) groups excluding carboxylic acids is 2. The molecule has 0 heterocycles. The molecule has 0 aromatic heterocycles. The summed E-state index contributed by atoms with van der Waals surface area (Å²) in [6.07, 6.45) is 0. The summed E-state index contributed by atoms with van der Waals surface area (Å²) in [4.78, 5) is 25.1. The SMILES string of the molecule is CC(C)(C)c1cc(Br)c(NC(=O)C(=O)Nc2c(Br)cc(C(C)(C)C)cc2Br)c(Br)c1. The summed E-state index contributed by atoms with van der Waals surface area (Å²) in [6, 6.07) is 7.76. The van der Waals surface area contributed by atoms with Crippen molar-refractivity contribution in [1.82, 2.24) is 0 Å². The predicted octanol–water partition coefficient (Wildman–Crippen LogP) is 7.91. The van der Waals surface area contributed by atoms with Crippen LogP contribution in [0.15, 0.2) is 42.2 Å². The molecule has 2 rings (SSSR count). The third-order valence-corrected chi connectivity index (χ3v) is 7.00. The molecule has 4 nitrogen and oxygen atoms in total. The normalized spacial score (nSPS) is 11.9. The van der Waals surface area contributed by atoms with E-state index in [0.717, 1.165) is 11.1 Å². The van der Waals surface area contributed by atoms with E-state index >= 15 is 0 Å². The number of halogens is 4. The van der Waals surface area contributed by atoms with E-state index in [2.05, 4.69) is 116 Å². The lowest BCUT2D eigenvalue weighted by Gasteiger charge is -2.22. The van der Waals surface area contributed by atoms with Crippen molar-refractivity contribution >= 4 is 86.9 Å². The van der Waals surface area contributed by atoms with Crippen molar-refractivity contribution in [1.29, 1.82) is 0 Å². The second-order valence-corrected chi connectivity index (χ2v) is 12.5. The Hall–Kier alpha value is -0.700. The number of anilines is 2. The van der Waals surface area contributed by atoms with Crippen molar-refractivity contribution in [3.8, 4) is 0 Å². The number of nitrogens with one attached hydrogen (secondary N) is 2. The third-order valence-electron chi connectivity index (χ3n) is 4.50. The highest BCUT2D eigenvalue weighted by Crippen LogP contribution is 2.38. The Labute approximate surface area is 211 Å². The Morgan fingerprint density at radius 2 is 0.833 bits per heavy atom. The fourth-order valence-corrected chi connectivity index (χ4v) is 5.36. The summed E-state index contributed by atoms with van der Waals surface area (Å²) in [5.41, 5.74) is 3.09. The minimum atomic E-state index is -0.765. The monoisotopic (exact) mass is 664 g/mol. The predicted molar refractivity (Wildman–Crippen MR) is 138 cm³/mol. The van der Waals surface area contributed by atoms with Crippen molar-refractivity contribution in [2.45, 2.75) is 52.4 Å². The zero-order chi connectivity index (χ0) is 23.0. The molecule has 0 aliphatic carbocycles. The average molecular weight is 668 g/mol. The number of benzene rings is 2. The van der Waals surface area contributed by atoms with Gasteiger partial charge in [-0.1, -0.05) is 41.5 Å². The van der Waals surface area contributed by atoms with Gasteiger partial charge in [0.25, 0.3) is 0 Å². The molecule has 0 saturated heterocycles. The van der Waals surface area contributed by atoms with Crippen molar-refractivity contribution in [3.05, 3.63) is 53.3 Å². The van der Waals surface area contributed by atoms with Gasteiger partial charge in [-0.25, -0.2) is 0 Å². The zero-order valence-corrected chi connectivity index (χ0v) is 24.0. The smallest absolute Gasteiger partial charge is 0.314 e. The van der Waals surface area contributed by atoms with Gasteiger partial charge in [0.05, 0.1) is 11.4 Å². The van der Waals surface area contributed by atoms with Crippen molar-refractivity contribution in [2.24, 2.45) is 0 Å². The van der Waals surface area contributed by atoms with Crippen molar-refractivity contribution in [2.75, 3.05) is 10.6 Å². The van der Waals surface area contributed by atoms with Crippen LogP contribution < -0.4 is 10.6 Å². The summed E-state index contributed by atoms with van der Waals surface area (Å²) >= 11 is 14.0. The number of carbonyl (C=O) groups is 2. The average Bonchev–Trinajstić information content (AvgIpc) is 2.58. The highest BCUT2D eigenvalue weighted by molar-refractivity contribution is 9.11. The first-order valence-electron chi connectivity index (χ1n) is 9.22. The van der Waals surface area contributed by atoms with E-state index in [0.29, 0.717) is 29.3 Å². The van der Waals surface area contributed by atoms with Gasteiger partial charge in [-0.3, -0.25) is 9.59 Å². The highest BCUT2D eigenvalue weighted by Gasteiger charge is 2.23. The molecule has 0 aliphatic rings. The van der Waals surface area contributed by atoms with E-state index in [4.69, 9.17) is 0 Å². The molecule has 0 spiro atoms. The molecule has 0 saturated carbocycles. The van der Waals surface area contributed by atoms with Crippen LogP contribution >= 0.6 is 63.7 Å². The first-order valence-corrected chi connectivity index (χ1v) is 12.4. The summed E-state index contributed by atoms with van der Waals surface area (Å²) in [5.74, 6) is -1.53. The van der Waals surface area contributed by atoms with Gasteiger partial charge >= 0.3 is 11.8 Å². The largest absolute Gasteiger partial charge is 0.316 e.